The topological polar surface area (TPSA) is 92.4 Å². The normalized spacial score (nSPS) is 15.4. The third-order valence-corrected chi connectivity index (χ3v) is 5.48. The zero-order valence-electron chi connectivity index (χ0n) is 15.2. The summed E-state index contributed by atoms with van der Waals surface area (Å²) in [6, 6.07) is 13.0. The highest BCUT2D eigenvalue weighted by Crippen LogP contribution is 2.21. The lowest BCUT2D eigenvalue weighted by Gasteiger charge is -2.31. The van der Waals surface area contributed by atoms with Crippen LogP contribution in [0.1, 0.15) is 12.8 Å². The van der Waals surface area contributed by atoms with Gasteiger partial charge in [-0.2, -0.15) is 4.68 Å². The first kappa shape index (κ1) is 18.5. The Bertz CT molecular complexity index is 959. The van der Waals surface area contributed by atoms with Crippen molar-refractivity contribution in [3.63, 3.8) is 0 Å². The molecule has 2 N–H and O–H groups in total. The van der Waals surface area contributed by atoms with Gasteiger partial charge in [-0.25, -0.2) is 9.59 Å². The summed E-state index contributed by atoms with van der Waals surface area (Å²) >= 11 is 1.48. The number of para-hydroxylation sites is 1. The summed E-state index contributed by atoms with van der Waals surface area (Å²) in [5, 5.41) is 12.0. The molecule has 0 bridgehead atoms. The van der Waals surface area contributed by atoms with Crippen LogP contribution in [0, 0.1) is 0 Å². The van der Waals surface area contributed by atoms with Gasteiger partial charge in [0.05, 0.1) is 4.88 Å². The molecular weight excluding hydrogens is 378 g/mol. The summed E-state index contributed by atoms with van der Waals surface area (Å²) in [5.74, 6) is -0.0972. The highest BCUT2D eigenvalue weighted by Gasteiger charge is 2.22. The molecule has 1 saturated heterocycles. The monoisotopic (exact) mass is 399 g/mol. The Morgan fingerprint density at radius 1 is 1.18 bits per heavy atom. The number of carbonyl (C=O) groups is 1. The summed E-state index contributed by atoms with van der Waals surface area (Å²) in [4.78, 5) is 27.1. The maximum atomic E-state index is 12.1. The van der Waals surface area contributed by atoms with E-state index in [0.29, 0.717) is 12.6 Å². The number of carbonyl (C=O) groups excluding carboxylic acids is 1. The van der Waals surface area contributed by atoms with Gasteiger partial charge < -0.3 is 15.1 Å². The Balaban J connectivity index is 1.27. The molecule has 0 spiro atoms. The van der Waals surface area contributed by atoms with Gasteiger partial charge in [0.25, 0.3) is 5.89 Å². The molecule has 1 aliphatic heterocycles. The molecule has 0 saturated carbocycles. The molecule has 9 heteroatoms. The van der Waals surface area contributed by atoms with E-state index in [9.17, 15) is 9.59 Å². The molecule has 1 fully saturated rings. The number of aromatic nitrogens is 2. The van der Waals surface area contributed by atoms with Gasteiger partial charge in [-0.3, -0.25) is 4.90 Å². The van der Waals surface area contributed by atoms with Crippen molar-refractivity contribution in [1.82, 2.24) is 20.0 Å². The third-order valence-electron chi connectivity index (χ3n) is 4.63. The number of amides is 2. The fraction of sp³-hybridized carbons (Fsp3) is 0.316. The van der Waals surface area contributed by atoms with Crippen molar-refractivity contribution in [1.29, 1.82) is 0 Å². The second-order valence-corrected chi connectivity index (χ2v) is 7.60. The van der Waals surface area contributed by atoms with E-state index in [1.807, 2.05) is 47.8 Å². The minimum Gasteiger partial charge on any atom is -0.387 e. The van der Waals surface area contributed by atoms with Crippen LogP contribution in [-0.2, 0) is 6.67 Å². The summed E-state index contributed by atoms with van der Waals surface area (Å²) in [7, 11) is 0. The lowest BCUT2D eigenvalue weighted by atomic mass is 10.1. The minimum absolute atomic E-state index is 0.107. The quantitative estimate of drug-likeness (QED) is 0.688. The van der Waals surface area contributed by atoms with Gasteiger partial charge in [0, 0.05) is 24.8 Å². The predicted molar refractivity (Wildman–Crippen MR) is 107 cm³/mol. The van der Waals surface area contributed by atoms with Gasteiger partial charge in [0.15, 0.2) is 0 Å². The second kappa shape index (κ2) is 8.41. The van der Waals surface area contributed by atoms with Crippen LogP contribution in [-0.4, -0.2) is 39.8 Å². The van der Waals surface area contributed by atoms with E-state index in [1.54, 1.807) is 0 Å². The summed E-state index contributed by atoms with van der Waals surface area (Å²) in [6.07, 6.45) is 1.62. The van der Waals surface area contributed by atoms with E-state index in [1.165, 1.54) is 16.0 Å². The van der Waals surface area contributed by atoms with Crippen LogP contribution in [0.15, 0.2) is 57.1 Å². The van der Waals surface area contributed by atoms with Gasteiger partial charge in [-0.05, 0) is 36.4 Å². The molecule has 1 aliphatic rings. The zero-order chi connectivity index (χ0) is 19.3. The molecule has 1 aromatic carbocycles. The molecule has 2 aromatic heterocycles. The number of thiophene rings is 1. The Morgan fingerprint density at radius 2 is 1.96 bits per heavy atom. The SMILES string of the molecule is O=C(Nc1ccccc1)NC1CCN(Cn2nc(-c3cccs3)oc2=O)CC1. The highest BCUT2D eigenvalue weighted by atomic mass is 32.1. The van der Waals surface area contributed by atoms with E-state index < -0.39 is 5.76 Å². The number of likely N-dealkylation sites (tertiary alicyclic amines) is 1. The van der Waals surface area contributed by atoms with Crippen LogP contribution in [0.5, 0.6) is 0 Å². The molecule has 0 atom stereocenters. The van der Waals surface area contributed by atoms with E-state index in [-0.39, 0.29) is 12.1 Å². The number of rotatable bonds is 5. The fourth-order valence-corrected chi connectivity index (χ4v) is 3.82. The minimum atomic E-state index is -0.453. The molecule has 28 heavy (non-hydrogen) atoms. The molecule has 146 valence electrons. The lowest BCUT2D eigenvalue weighted by molar-refractivity contribution is 0.149. The number of nitrogens with one attached hydrogen (secondary N) is 2. The van der Waals surface area contributed by atoms with Crippen molar-refractivity contribution in [3.8, 4) is 10.8 Å². The number of benzene rings is 1. The van der Waals surface area contributed by atoms with Crippen molar-refractivity contribution in [2.24, 2.45) is 0 Å². The molecular formula is C19H21N5O3S. The van der Waals surface area contributed by atoms with Crippen molar-refractivity contribution >= 4 is 23.1 Å². The number of hydrogen-bond acceptors (Lipinski definition) is 6. The average Bonchev–Trinajstić information content (AvgIpc) is 3.34. The van der Waals surface area contributed by atoms with Gasteiger partial charge in [0.1, 0.15) is 6.67 Å². The molecule has 0 aliphatic carbocycles. The van der Waals surface area contributed by atoms with Crippen LogP contribution >= 0.6 is 11.3 Å². The van der Waals surface area contributed by atoms with Gasteiger partial charge in [-0.1, -0.05) is 24.3 Å². The Morgan fingerprint density at radius 3 is 2.68 bits per heavy atom. The highest BCUT2D eigenvalue weighted by molar-refractivity contribution is 7.13. The smallest absolute Gasteiger partial charge is 0.387 e. The van der Waals surface area contributed by atoms with Crippen LogP contribution in [0.2, 0.25) is 0 Å². The predicted octanol–water partition coefficient (Wildman–Crippen LogP) is 2.81. The van der Waals surface area contributed by atoms with Crippen LogP contribution in [0.3, 0.4) is 0 Å². The van der Waals surface area contributed by atoms with Crippen LogP contribution in [0.25, 0.3) is 10.8 Å². The molecule has 0 unspecified atom stereocenters. The largest absolute Gasteiger partial charge is 0.438 e. The summed E-state index contributed by atoms with van der Waals surface area (Å²) in [6.45, 7) is 1.92. The average molecular weight is 399 g/mol. The number of urea groups is 1. The molecule has 3 aromatic rings. The molecule has 3 heterocycles. The van der Waals surface area contributed by atoms with E-state index >= 15 is 0 Å². The molecule has 2 amide bonds. The van der Waals surface area contributed by atoms with Crippen molar-refractivity contribution in [2.75, 3.05) is 18.4 Å². The summed E-state index contributed by atoms with van der Waals surface area (Å²) < 4.78 is 6.60. The standard InChI is InChI=1S/C19H21N5O3S/c25-18(20-14-5-2-1-3-6-14)21-15-8-10-23(11-9-15)13-24-19(26)27-17(22-24)16-7-4-12-28-16/h1-7,12,15H,8-11,13H2,(H2,20,21,25). The lowest BCUT2D eigenvalue weighted by Crippen LogP contribution is -2.46. The van der Waals surface area contributed by atoms with Gasteiger partial charge in [0.2, 0.25) is 0 Å². The van der Waals surface area contributed by atoms with Crippen LogP contribution in [0.4, 0.5) is 10.5 Å². The Labute approximate surface area is 165 Å². The number of nitrogens with zero attached hydrogens (tertiary/aromatic N) is 3. The first-order chi connectivity index (χ1) is 13.7. The first-order valence-electron chi connectivity index (χ1n) is 9.14. The number of anilines is 1. The Kier molecular flexibility index (Phi) is 5.54. The van der Waals surface area contributed by atoms with Crippen molar-refractivity contribution in [2.45, 2.75) is 25.6 Å². The second-order valence-electron chi connectivity index (χ2n) is 6.65. The third kappa shape index (κ3) is 4.49. The molecule has 8 nitrogen and oxygen atoms in total. The van der Waals surface area contributed by atoms with Crippen LogP contribution < -0.4 is 16.4 Å². The Hall–Kier alpha value is -2.91. The van der Waals surface area contributed by atoms with Gasteiger partial charge >= 0.3 is 11.8 Å². The number of hydrogen-bond donors (Lipinski definition) is 2. The maximum Gasteiger partial charge on any atom is 0.438 e. The molecule has 0 radical (unpaired) electrons. The van der Waals surface area contributed by atoms with E-state index in [2.05, 4.69) is 20.6 Å². The van der Waals surface area contributed by atoms with E-state index in [0.717, 1.165) is 36.5 Å². The van der Waals surface area contributed by atoms with E-state index in [4.69, 9.17) is 4.42 Å². The zero-order valence-corrected chi connectivity index (χ0v) is 16.0. The van der Waals surface area contributed by atoms with Crippen molar-refractivity contribution < 1.29 is 9.21 Å². The summed E-state index contributed by atoms with van der Waals surface area (Å²) in [5.41, 5.74) is 0.768. The van der Waals surface area contributed by atoms with Crippen molar-refractivity contribution in [3.05, 3.63) is 58.4 Å². The van der Waals surface area contributed by atoms with Gasteiger partial charge in [-0.15, -0.1) is 16.4 Å². The number of piperidine rings is 1. The molecule has 4 rings (SSSR count). The first-order valence-corrected chi connectivity index (χ1v) is 10.0. The fourth-order valence-electron chi connectivity index (χ4n) is 3.18. The maximum absolute atomic E-state index is 12.1.